The Balaban J connectivity index is 1.60. The van der Waals surface area contributed by atoms with E-state index in [-0.39, 0.29) is 5.91 Å². The molecule has 0 aliphatic heterocycles. The molecule has 124 valence electrons. The van der Waals surface area contributed by atoms with E-state index < -0.39 is 0 Å². The number of benzene rings is 2. The van der Waals surface area contributed by atoms with Crippen molar-refractivity contribution in [2.45, 2.75) is 24.2 Å². The van der Waals surface area contributed by atoms with Crippen LogP contribution in [0.5, 0.6) is 0 Å². The summed E-state index contributed by atoms with van der Waals surface area (Å²) in [5, 5.41) is 17.3. The van der Waals surface area contributed by atoms with E-state index in [9.17, 15) is 4.79 Å². The van der Waals surface area contributed by atoms with Gasteiger partial charge in [0.05, 0.1) is 5.75 Å². The quantitative estimate of drug-likeness (QED) is 0.645. The lowest BCUT2D eigenvalue weighted by atomic mass is 10.1. The molecule has 1 amide bonds. The Kier molecular flexibility index (Phi) is 5.32. The number of carbonyl (C=O) groups excluding carboxylic acids is 1. The Morgan fingerprint density at radius 2 is 1.96 bits per heavy atom. The molecule has 1 heterocycles. The van der Waals surface area contributed by atoms with E-state index in [1.807, 2.05) is 56.3 Å². The summed E-state index contributed by atoms with van der Waals surface area (Å²) in [7, 11) is 0. The molecule has 0 spiro atoms. The van der Waals surface area contributed by atoms with Crippen molar-refractivity contribution in [1.82, 2.24) is 10.2 Å². The molecule has 0 bridgehead atoms. The van der Waals surface area contributed by atoms with Crippen molar-refractivity contribution in [3.8, 4) is 0 Å². The molecule has 0 atom stereocenters. The summed E-state index contributed by atoms with van der Waals surface area (Å²) < 4.78 is 0.784. The number of thioether (sulfide) groups is 1. The zero-order chi connectivity index (χ0) is 16.9. The van der Waals surface area contributed by atoms with Gasteiger partial charge >= 0.3 is 0 Å². The molecule has 7 heteroatoms. The van der Waals surface area contributed by atoms with Gasteiger partial charge in [0.15, 0.2) is 4.34 Å². The maximum atomic E-state index is 12.2. The standard InChI is InChI=1S/C17H18N4OS2/c1-11(2)18-16-20-21-17(24-16)23-10-15(22)19-14-9-5-7-12-6-3-4-8-13(12)14/h3-9,11H,10H2,1-2H3,(H,18,20)(H,19,22). The van der Waals surface area contributed by atoms with Crippen LogP contribution in [-0.4, -0.2) is 27.9 Å². The average molecular weight is 358 g/mol. The van der Waals surface area contributed by atoms with Crippen LogP contribution in [0.1, 0.15) is 13.8 Å². The van der Waals surface area contributed by atoms with Crippen LogP contribution in [0.15, 0.2) is 46.8 Å². The first kappa shape index (κ1) is 16.7. The fourth-order valence-electron chi connectivity index (χ4n) is 2.22. The smallest absolute Gasteiger partial charge is 0.234 e. The van der Waals surface area contributed by atoms with Gasteiger partial charge in [-0.25, -0.2) is 0 Å². The molecular formula is C17H18N4OS2. The topological polar surface area (TPSA) is 66.9 Å². The second kappa shape index (κ2) is 7.63. The van der Waals surface area contributed by atoms with Gasteiger partial charge in [0.25, 0.3) is 0 Å². The van der Waals surface area contributed by atoms with Crippen LogP contribution >= 0.6 is 23.1 Å². The number of nitrogens with one attached hydrogen (secondary N) is 2. The molecule has 0 saturated carbocycles. The van der Waals surface area contributed by atoms with E-state index >= 15 is 0 Å². The van der Waals surface area contributed by atoms with Crippen molar-refractivity contribution in [3.05, 3.63) is 42.5 Å². The summed E-state index contributed by atoms with van der Waals surface area (Å²) in [6.45, 7) is 4.09. The highest BCUT2D eigenvalue weighted by Crippen LogP contribution is 2.27. The summed E-state index contributed by atoms with van der Waals surface area (Å²) in [4.78, 5) is 12.2. The van der Waals surface area contributed by atoms with E-state index in [1.165, 1.54) is 23.1 Å². The van der Waals surface area contributed by atoms with Crippen LogP contribution in [0.25, 0.3) is 10.8 Å². The number of anilines is 2. The van der Waals surface area contributed by atoms with Gasteiger partial charge < -0.3 is 10.6 Å². The Labute approximate surface area is 148 Å². The second-order valence-corrected chi connectivity index (χ2v) is 7.74. The summed E-state index contributed by atoms with van der Waals surface area (Å²) in [5.41, 5.74) is 0.832. The fourth-order valence-corrected chi connectivity index (χ4v) is 3.92. The van der Waals surface area contributed by atoms with E-state index in [0.717, 1.165) is 25.9 Å². The van der Waals surface area contributed by atoms with E-state index in [0.29, 0.717) is 11.8 Å². The van der Waals surface area contributed by atoms with E-state index in [4.69, 9.17) is 0 Å². The van der Waals surface area contributed by atoms with Gasteiger partial charge in [0, 0.05) is 17.1 Å². The molecule has 3 aromatic rings. The molecule has 1 aromatic heterocycles. The summed E-state index contributed by atoms with van der Waals surface area (Å²) in [6, 6.07) is 14.2. The van der Waals surface area contributed by atoms with Crippen LogP contribution < -0.4 is 10.6 Å². The minimum Gasteiger partial charge on any atom is -0.358 e. The number of aromatic nitrogens is 2. The molecule has 0 fully saturated rings. The fraction of sp³-hybridized carbons (Fsp3) is 0.235. The maximum absolute atomic E-state index is 12.2. The number of hydrogen-bond acceptors (Lipinski definition) is 6. The minimum absolute atomic E-state index is 0.0510. The molecule has 0 saturated heterocycles. The molecule has 3 rings (SSSR count). The van der Waals surface area contributed by atoms with Crippen LogP contribution in [-0.2, 0) is 4.79 Å². The number of hydrogen-bond donors (Lipinski definition) is 2. The second-order valence-electron chi connectivity index (χ2n) is 5.54. The first-order chi connectivity index (χ1) is 11.6. The van der Waals surface area contributed by atoms with Crippen molar-refractivity contribution in [2.24, 2.45) is 0 Å². The summed E-state index contributed by atoms with van der Waals surface area (Å²) >= 11 is 2.86. The first-order valence-corrected chi connectivity index (χ1v) is 9.42. The number of carbonyl (C=O) groups is 1. The van der Waals surface area contributed by atoms with Crippen molar-refractivity contribution in [3.63, 3.8) is 0 Å². The van der Waals surface area contributed by atoms with E-state index in [1.54, 1.807) is 0 Å². The van der Waals surface area contributed by atoms with Crippen molar-refractivity contribution >= 4 is 50.6 Å². The minimum atomic E-state index is -0.0510. The summed E-state index contributed by atoms with van der Waals surface area (Å²) in [6.07, 6.45) is 0. The van der Waals surface area contributed by atoms with Gasteiger partial charge in [-0.05, 0) is 25.3 Å². The van der Waals surface area contributed by atoms with Crippen molar-refractivity contribution in [1.29, 1.82) is 0 Å². The number of rotatable bonds is 6. The Bertz CT molecular complexity index is 842. The molecule has 5 nitrogen and oxygen atoms in total. The molecule has 0 radical (unpaired) electrons. The molecule has 2 aromatic carbocycles. The first-order valence-electron chi connectivity index (χ1n) is 7.62. The predicted octanol–water partition coefficient (Wildman–Crippen LogP) is 4.24. The molecule has 2 N–H and O–H groups in total. The third-order valence-electron chi connectivity index (χ3n) is 3.21. The largest absolute Gasteiger partial charge is 0.358 e. The molecule has 0 aliphatic carbocycles. The Morgan fingerprint density at radius 1 is 1.17 bits per heavy atom. The van der Waals surface area contributed by atoms with Crippen molar-refractivity contribution < 1.29 is 4.79 Å². The monoisotopic (exact) mass is 358 g/mol. The van der Waals surface area contributed by atoms with Gasteiger partial charge in [-0.1, -0.05) is 59.5 Å². The average Bonchev–Trinajstić information content (AvgIpc) is 3.00. The van der Waals surface area contributed by atoms with E-state index in [2.05, 4.69) is 20.8 Å². The highest BCUT2D eigenvalue weighted by molar-refractivity contribution is 8.01. The third kappa shape index (κ3) is 4.24. The van der Waals surface area contributed by atoms with Gasteiger partial charge in [0.1, 0.15) is 0 Å². The van der Waals surface area contributed by atoms with Gasteiger partial charge in [-0.3, -0.25) is 4.79 Å². The summed E-state index contributed by atoms with van der Waals surface area (Å²) in [5.74, 6) is 0.254. The van der Waals surface area contributed by atoms with Crippen LogP contribution in [0.2, 0.25) is 0 Å². The normalized spacial score (nSPS) is 11.0. The highest BCUT2D eigenvalue weighted by Gasteiger charge is 2.10. The maximum Gasteiger partial charge on any atom is 0.234 e. The Hall–Kier alpha value is -2.12. The molecule has 0 aliphatic rings. The van der Waals surface area contributed by atoms with Crippen LogP contribution in [0, 0.1) is 0 Å². The molecule has 24 heavy (non-hydrogen) atoms. The zero-order valence-electron chi connectivity index (χ0n) is 13.4. The van der Waals surface area contributed by atoms with Gasteiger partial charge in [0.2, 0.25) is 11.0 Å². The lowest BCUT2D eigenvalue weighted by Crippen LogP contribution is -2.14. The van der Waals surface area contributed by atoms with Crippen molar-refractivity contribution in [2.75, 3.05) is 16.4 Å². The predicted molar refractivity (Wildman–Crippen MR) is 102 cm³/mol. The lowest BCUT2D eigenvalue weighted by Gasteiger charge is -2.08. The molecule has 0 unspecified atom stereocenters. The number of amides is 1. The third-order valence-corrected chi connectivity index (χ3v) is 5.20. The highest BCUT2D eigenvalue weighted by atomic mass is 32.2. The number of fused-ring (bicyclic) bond motifs is 1. The zero-order valence-corrected chi connectivity index (χ0v) is 15.1. The number of nitrogens with zero attached hydrogens (tertiary/aromatic N) is 2. The van der Waals surface area contributed by atoms with Crippen LogP contribution in [0.3, 0.4) is 0 Å². The molecular weight excluding hydrogens is 340 g/mol. The van der Waals surface area contributed by atoms with Crippen LogP contribution in [0.4, 0.5) is 10.8 Å². The lowest BCUT2D eigenvalue weighted by molar-refractivity contribution is -0.113. The van der Waals surface area contributed by atoms with Gasteiger partial charge in [-0.2, -0.15) is 0 Å². The SMILES string of the molecule is CC(C)Nc1nnc(SCC(=O)Nc2cccc3ccccc23)s1. The Morgan fingerprint density at radius 3 is 2.79 bits per heavy atom. The van der Waals surface area contributed by atoms with Gasteiger partial charge in [-0.15, -0.1) is 10.2 Å².